The molecule has 0 aliphatic rings. The summed E-state index contributed by atoms with van der Waals surface area (Å²) in [6.45, 7) is 0.551. The number of hydrogen-bond donors (Lipinski definition) is 1. The van der Waals surface area contributed by atoms with E-state index in [2.05, 4.69) is 37.2 Å². The summed E-state index contributed by atoms with van der Waals surface area (Å²) in [6.07, 6.45) is 0. The van der Waals surface area contributed by atoms with E-state index in [9.17, 15) is 4.39 Å². The molecule has 0 bridgehead atoms. The van der Waals surface area contributed by atoms with Gasteiger partial charge < -0.3 is 10.2 Å². The zero-order valence-corrected chi connectivity index (χ0v) is 14.4. The molecule has 0 aromatic heterocycles. The zero-order valence-electron chi connectivity index (χ0n) is 11.3. The van der Waals surface area contributed by atoms with E-state index in [1.165, 1.54) is 12.1 Å². The van der Waals surface area contributed by atoms with Gasteiger partial charge in [0.15, 0.2) is 0 Å². The lowest BCUT2D eigenvalue weighted by molar-refractivity contribution is 0.625. The van der Waals surface area contributed by atoms with Gasteiger partial charge in [-0.3, -0.25) is 0 Å². The van der Waals surface area contributed by atoms with Crippen LogP contribution in [0.1, 0.15) is 5.56 Å². The van der Waals surface area contributed by atoms with Crippen LogP contribution in [0, 0.1) is 5.82 Å². The van der Waals surface area contributed by atoms with Crippen molar-refractivity contribution in [3.63, 3.8) is 0 Å². The predicted octanol–water partition coefficient (Wildman–Crippen LogP) is 5.03. The number of rotatable bonds is 4. The van der Waals surface area contributed by atoms with Crippen LogP contribution in [0.15, 0.2) is 45.3 Å². The van der Waals surface area contributed by atoms with E-state index in [0.717, 1.165) is 25.9 Å². The molecular weight excluding hydrogens is 387 g/mol. The highest BCUT2D eigenvalue weighted by Crippen LogP contribution is 2.29. The first-order chi connectivity index (χ1) is 9.47. The van der Waals surface area contributed by atoms with Crippen LogP contribution in [0.5, 0.6) is 0 Å². The van der Waals surface area contributed by atoms with Crippen LogP contribution in [0.4, 0.5) is 15.8 Å². The normalized spacial score (nSPS) is 10.4. The van der Waals surface area contributed by atoms with Crippen molar-refractivity contribution in [2.24, 2.45) is 0 Å². The van der Waals surface area contributed by atoms with Crippen LogP contribution in [0.25, 0.3) is 0 Å². The highest BCUT2D eigenvalue weighted by Gasteiger charge is 2.07. The number of halogens is 3. The van der Waals surface area contributed by atoms with E-state index in [4.69, 9.17) is 0 Å². The molecule has 2 aromatic carbocycles. The van der Waals surface area contributed by atoms with Crippen LogP contribution in [-0.4, -0.2) is 14.1 Å². The SMILES string of the molecule is CN(C)c1ccc(Br)cc1NCc1cc(F)ccc1Br. The average Bonchev–Trinajstić information content (AvgIpc) is 2.39. The lowest BCUT2D eigenvalue weighted by Gasteiger charge is -2.19. The van der Waals surface area contributed by atoms with Crippen LogP contribution < -0.4 is 10.2 Å². The summed E-state index contributed by atoms with van der Waals surface area (Å²) in [6, 6.07) is 10.7. The van der Waals surface area contributed by atoms with Crippen molar-refractivity contribution in [2.75, 3.05) is 24.3 Å². The second-order valence-corrected chi connectivity index (χ2v) is 6.42. The highest BCUT2D eigenvalue weighted by molar-refractivity contribution is 9.10. The van der Waals surface area contributed by atoms with Crippen molar-refractivity contribution < 1.29 is 4.39 Å². The van der Waals surface area contributed by atoms with Gasteiger partial charge in [0.25, 0.3) is 0 Å². The number of benzene rings is 2. The van der Waals surface area contributed by atoms with Crippen LogP contribution >= 0.6 is 31.9 Å². The Morgan fingerprint density at radius 1 is 1.10 bits per heavy atom. The van der Waals surface area contributed by atoms with E-state index in [0.29, 0.717) is 6.54 Å². The summed E-state index contributed by atoms with van der Waals surface area (Å²) < 4.78 is 15.2. The third kappa shape index (κ3) is 3.73. The van der Waals surface area contributed by atoms with E-state index >= 15 is 0 Å². The monoisotopic (exact) mass is 400 g/mol. The molecule has 2 aromatic rings. The fraction of sp³-hybridized carbons (Fsp3) is 0.200. The molecule has 2 nitrogen and oxygen atoms in total. The summed E-state index contributed by atoms with van der Waals surface area (Å²) in [5, 5.41) is 3.35. The molecule has 0 aliphatic heterocycles. The molecule has 0 spiro atoms. The fourth-order valence-corrected chi connectivity index (χ4v) is 2.66. The smallest absolute Gasteiger partial charge is 0.123 e. The van der Waals surface area contributed by atoms with Gasteiger partial charge in [-0.15, -0.1) is 0 Å². The maximum atomic E-state index is 13.3. The van der Waals surface area contributed by atoms with Gasteiger partial charge >= 0.3 is 0 Å². The summed E-state index contributed by atoms with van der Waals surface area (Å²) in [5.74, 6) is -0.230. The molecule has 106 valence electrons. The molecule has 2 rings (SSSR count). The molecule has 1 N–H and O–H groups in total. The second kappa shape index (κ2) is 6.59. The highest BCUT2D eigenvalue weighted by atomic mass is 79.9. The Labute approximate surface area is 135 Å². The largest absolute Gasteiger partial charge is 0.379 e. The number of anilines is 2. The Kier molecular flexibility index (Phi) is 5.05. The van der Waals surface area contributed by atoms with Crippen molar-refractivity contribution >= 4 is 43.2 Å². The van der Waals surface area contributed by atoms with Crippen molar-refractivity contribution in [1.29, 1.82) is 0 Å². The zero-order chi connectivity index (χ0) is 14.7. The predicted molar refractivity (Wildman–Crippen MR) is 89.9 cm³/mol. The van der Waals surface area contributed by atoms with Gasteiger partial charge in [-0.2, -0.15) is 0 Å². The molecule has 0 fully saturated rings. The van der Waals surface area contributed by atoms with Gasteiger partial charge in [0, 0.05) is 29.6 Å². The van der Waals surface area contributed by atoms with Gasteiger partial charge in [-0.1, -0.05) is 31.9 Å². The molecule has 0 saturated heterocycles. The van der Waals surface area contributed by atoms with Crippen LogP contribution in [0.3, 0.4) is 0 Å². The van der Waals surface area contributed by atoms with Gasteiger partial charge in [0.1, 0.15) is 5.82 Å². The van der Waals surface area contributed by atoms with Gasteiger partial charge in [-0.05, 0) is 42.0 Å². The maximum absolute atomic E-state index is 13.3. The van der Waals surface area contributed by atoms with Gasteiger partial charge in [0.05, 0.1) is 11.4 Å². The summed E-state index contributed by atoms with van der Waals surface area (Å²) in [5.41, 5.74) is 2.97. The molecule has 0 amide bonds. The third-order valence-electron chi connectivity index (χ3n) is 2.92. The molecule has 0 heterocycles. The molecule has 0 aliphatic carbocycles. The number of nitrogens with zero attached hydrogens (tertiary/aromatic N) is 1. The minimum atomic E-state index is -0.230. The lowest BCUT2D eigenvalue weighted by Crippen LogP contribution is -2.12. The van der Waals surface area contributed by atoms with E-state index in [1.807, 2.05) is 37.2 Å². The minimum Gasteiger partial charge on any atom is -0.379 e. The Hall–Kier alpha value is -1.07. The van der Waals surface area contributed by atoms with Crippen LogP contribution in [-0.2, 0) is 6.54 Å². The first-order valence-corrected chi connectivity index (χ1v) is 7.70. The van der Waals surface area contributed by atoms with Crippen molar-refractivity contribution in [1.82, 2.24) is 0 Å². The third-order valence-corrected chi connectivity index (χ3v) is 4.18. The van der Waals surface area contributed by atoms with Crippen molar-refractivity contribution in [2.45, 2.75) is 6.54 Å². The van der Waals surface area contributed by atoms with Crippen LogP contribution in [0.2, 0.25) is 0 Å². The summed E-state index contributed by atoms with van der Waals surface area (Å²) >= 11 is 6.91. The van der Waals surface area contributed by atoms with E-state index in [1.54, 1.807) is 6.07 Å². The van der Waals surface area contributed by atoms with Gasteiger partial charge in [-0.25, -0.2) is 4.39 Å². The molecule has 20 heavy (non-hydrogen) atoms. The topological polar surface area (TPSA) is 15.3 Å². The lowest BCUT2D eigenvalue weighted by atomic mass is 10.2. The summed E-state index contributed by atoms with van der Waals surface area (Å²) in [7, 11) is 3.99. The van der Waals surface area contributed by atoms with E-state index < -0.39 is 0 Å². The Morgan fingerprint density at radius 2 is 1.85 bits per heavy atom. The minimum absolute atomic E-state index is 0.230. The molecule has 0 saturated carbocycles. The molecule has 5 heteroatoms. The number of hydrogen-bond acceptors (Lipinski definition) is 2. The standard InChI is InChI=1S/C15H15Br2FN2/c1-20(2)15-6-3-11(16)8-14(15)19-9-10-7-12(18)4-5-13(10)17/h3-8,19H,9H2,1-2H3. The number of nitrogens with one attached hydrogen (secondary N) is 1. The Balaban J connectivity index is 2.22. The fourth-order valence-electron chi connectivity index (χ4n) is 1.91. The Bertz CT molecular complexity index is 615. The Morgan fingerprint density at radius 3 is 2.55 bits per heavy atom. The van der Waals surface area contributed by atoms with Crippen molar-refractivity contribution in [3.05, 3.63) is 56.7 Å². The first kappa shape index (κ1) is 15.3. The maximum Gasteiger partial charge on any atom is 0.123 e. The molecule has 0 atom stereocenters. The molecular formula is C15H15Br2FN2. The van der Waals surface area contributed by atoms with E-state index in [-0.39, 0.29) is 5.82 Å². The summed E-state index contributed by atoms with van der Waals surface area (Å²) in [4.78, 5) is 2.04. The second-order valence-electron chi connectivity index (χ2n) is 4.65. The first-order valence-electron chi connectivity index (χ1n) is 6.12. The molecule has 0 unspecified atom stereocenters. The quantitative estimate of drug-likeness (QED) is 0.772. The van der Waals surface area contributed by atoms with Gasteiger partial charge in [0.2, 0.25) is 0 Å². The average molecular weight is 402 g/mol. The van der Waals surface area contributed by atoms with Crippen molar-refractivity contribution in [3.8, 4) is 0 Å². The molecule has 0 radical (unpaired) electrons.